The lowest BCUT2D eigenvalue weighted by molar-refractivity contribution is 0.0953. The highest BCUT2D eigenvalue weighted by atomic mass is 79.9. The number of carbonyl (C=O) groups excluding carboxylic acids is 1. The Hall–Kier alpha value is -1.35. The van der Waals surface area contributed by atoms with E-state index in [1.54, 1.807) is 11.7 Å². The first kappa shape index (κ1) is 10.7. The van der Waals surface area contributed by atoms with Crippen LogP contribution >= 0.6 is 15.9 Å². The molecule has 0 spiro atoms. The summed E-state index contributed by atoms with van der Waals surface area (Å²) in [4.78, 5) is 11.4. The van der Waals surface area contributed by atoms with Crippen LogP contribution < -0.4 is 5.32 Å². The van der Waals surface area contributed by atoms with E-state index in [1.165, 1.54) is 6.20 Å². The van der Waals surface area contributed by atoms with Crippen molar-refractivity contribution in [1.82, 2.24) is 15.1 Å². The molecule has 1 rings (SSSR count). The molecule has 1 aromatic rings. The highest BCUT2D eigenvalue weighted by molar-refractivity contribution is 9.10. The smallest absolute Gasteiger partial charge is 0.255 e. The van der Waals surface area contributed by atoms with Crippen LogP contribution in [0, 0.1) is 11.3 Å². The Bertz CT molecular complexity index is 379. The van der Waals surface area contributed by atoms with Gasteiger partial charge in [-0.2, -0.15) is 10.4 Å². The molecule has 0 aliphatic carbocycles. The fourth-order valence-electron chi connectivity index (χ4n) is 0.902. The van der Waals surface area contributed by atoms with Crippen LogP contribution in [0.1, 0.15) is 16.8 Å². The third-order valence-corrected chi connectivity index (χ3v) is 2.57. The fourth-order valence-corrected chi connectivity index (χ4v) is 1.28. The number of nitrogens with zero attached hydrogens (tertiary/aromatic N) is 3. The molecule has 1 aromatic heterocycles. The number of nitriles is 1. The summed E-state index contributed by atoms with van der Waals surface area (Å²) in [5.41, 5.74) is 0.477. The van der Waals surface area contributed by atoms with E-state index in [1.807, 2.05) is 6.07 Å². The van der Waals surface area contributed by atoms with Crippen LogP contribution in [0.5, 0.6) is 0 Å². The number of hydrogen-bond acceptors (Lipinski definition) is 3. The van der Waals surface area contributed by atoms with Crippen molar-refractivity contribution in [3.63, 3.8) is 0 Å². The van der Waals surface area contributed by atoms with Crippen molar-refractivity contribution < 1.29 is 4.79 Å². The molecule has 0 aliphatic rings. The number of aromatic nitrogens is 2. The van der Waals surface area contributed by atoms with Crippen LogP contribution in [0.3, 0.4) is 0 Å². The number of nitrogens with one attached hydrogen (secondary N) is 1. The van der Waals surface area contributed by atoms with E-state index in [-0.39, 0.29) is 5.91 Å². The molecular weight excluding hydrogens is 248 g/mol. The van der Waals surface area contributed by atoms with Gasteiger partial charge in [-0.1, -0.05) is 0 Å². The Kier molecular flexibility index (Phi) is 3.65. The van der Waals surface area contributed by atoms with Gasteiger partial charge in [0.25, 0.3) is 5.91 Å². The predicted molar refractivity (Wildman–Crippen MR) is 53.5 cm³/mol. The van der Waals surface area contributed by atoms with Crippen molar-refractivity contribution in [1.29, 1.82) is 5.26 Å². The largest absolute Gasteiger partial charge is 0.351 e. The fraction of sp³-hybridized carbons (Fsp3) is 0.375. The molecule has 0 aliphatic heterocycles. The predicted octanol–water partition coefficient (Wildman–Crippen LogP) is 0.826. The summed E-state index contributed by atoms with van der Waals surface area (Å²) in [5, 5.41) is 14.8. The Morgan fingerprint density at radius 3 is 3.07 bits per heavy atom. The summed E-state index contributed by atoms with van der Waals surface area (Å²) < 4.78 is 2.19. The van der Waals surface area contributed by atoms with Crippen molar-refractivity contribution in [3.05, 3.63) is 16.4 Å². The van der Waals surface area contributed by atoms with Gasteiger partial charge in [-0.25, -0.2) is 0 Å². The summed E-state index contributed by atoms with van der Waals surface area (Å²) in [6, 6.07) is 1.95. The van der Waals surface area contributed by atoms with Crippen LogP contribution in [0.15, 0.2) is 10.8 Å². The standard InChI is InChI=1S/C8H9BrN4O/c1-13-7(9)6(5-12-13)8(14)11-4-2-3-10/h5H,2,4H2,1H3,(H,11,14). The maximum Gasteiger partial charge on any atom is 0.255 e. The second kappa shape index (κ2) is 4.77. The molecule has 0 unspecified atom stereocenters. The van der Waals surface area contributed by atoms with Crippen LogP contribution in [-0.2, 0) is 7.05 Å². The zero-order chi connectivity index (χ0) is 10.6. The molecule has 0 fully saturated rings. The van der Waals surface area contributed by atoms with Gasteiger partial charge >= 0.3 is 0 Å². The van der Waals surface area contributed by atoms with Crippen LogP contribution in [0.4, 0.5) is 0 Å². The molecule has 0 saturated carbocycles. The Morgan fingerprint density at radius 1 is 1.86 bits per heavy atom. The monoisotopic (exact) mass is 256 g/mol. The normalized spacial score (nSPS) is 9.50. The molecule has 5 nitrogen and oxygen atoms in total. The summed E-state index contributed by atoms with van der Waals surface area (Å²) >= 11 is 3.23. The average molecular weight is 257 g/mol. The van der Waals surface area contributed by atoms with Gasteiger partial charge in [0.2, 0.25) is 0 Å². The van der Waals surface area contributed by atoms with Crippen LogP contribution in [-0.4, -0.2) is 22.2 Å². The molecule has 1 heterocycles. The molecule has 0 radical (unpaired) electrons. The van der Waals surface area contributed by atoms with Gasteiger partial charge < -0.3 is 5.32 Å². The van der Waals surface area contributed by atoms with Crippen molar-refractivity contribution in [2.45, 2.75) is 6.42 Å². The van der Waals surface area contributed by atoms with E-state index in [4.69, 9.17) is 5.26 Å². The van der Waals surface area contributed by atoms with Gasteiger partial charge in [0.1, 0.15) is 4.60 Å². The number of carbonyl (C=O) groups is 1. The molecule has 14 heavy (non-hydrogen) atoms. The zero-order valence-corrected chi connectivity index (χ0v) is 9.21. The number of halogens is 1. The lowest BCUT2D eigenvalue weighted by Gasteiger charge is -2.00. The third kappa shape index (κ3) is 2.33. The van der Waals surface area contributed by atoms with Crippen molar-refractivity contribution in [2.24, 2.45) is 7.05 Å². The molecule has 0 aromatic carbocycles. The Morgan fingerprint density at radius 2 is 2.57 bits per heavy atom. The maximum atomic E-state index is 11.4. The van der Waals surface area contributed by atoms with Crippen LogP contribution in [0.25, 0.3) is 0 Å². The second-order valence-electron chi connectivity index (χ2n) is 2.64. The molecular formula is C8H9BrN4O. The van der Waals surface area contributed by atoms with E-state index >= 15 is 0 Å². The zero-order valence-electron chi connectivity index (χ0n) is 7.62. The van der Waals surface area contributed by atoms with Crippen molar-refractivity contribution in [2.75, 3.05) is 6.54 Å². The van der Waals surface area contributed by atoms with Gasteiger partial charge in [0.15, 0.2) is 0 Å². The second-order valence-corrected chi connectivity index (χ2v) is 3.39. The first-order valence-electron chi connectivity index (χ1n) is 3.99. The highest BCUT2D eigenvalue weighted by Gasteiger charge is 2.12. The lowest BCUT2D eigenvalue weighted by Crippen LogP contribution is -2.24. The molecule has 6 heteroatoms. The lowest BCUT2D eigenvalue weighted by atomic mass is 10.3. The minimum atomic E-state index is -0.222. The number of hydrogen-bond donors (Lipinski definition) is 1. The summed E-state index contributed by atoms with van der Waals surface area (Å²) in [5.74, 6) is -0.222. The maximum absolute atomic E-state index is 11.4. The summed E-state index contributed by atoms with van der Waals surface area (Å²) in [6.07, 6.45) is 1.79. The minimum absolute atomic E-state index is 0.222. The van der Waals surface area contributed by atoms with Gasteiger partial charge in [-0.05, 0) is 15.9 Å². The number of aryl methyl sites for hydroxylation is 1. The van der Waals surface area contributed by atoms with Gasteiger partial charge in [-0.15, -0.1) is 0 Å². The third-order valence-electron chi connectivity index (χ3n) is 1.63. The van der Waals surface area contributed by atoms with E-state index in [2.05, 4.69) is 26.3 Å². The van der Waals surface area contributed by atoms with Crippen molar-refractivity contribution >= 4 is 21.8 Å². The Balaban J connectivity index is 2.62. The van der Waals surface area contributed by atoms with Gasteiger partial charge in [0, 0.05) is 13.6 Å². The first-order valence-corrected chi connectivity index (χ1v) is 4.78. The number of amides is 1. The topological polar surface area (TPSA) is 70.7 Å². The Labute approximate surface area is 89.8 Å². The molecule has 0 atom stereocenters. The van der Waals surface area contributed by atoms with E-state index < -0.39 is 0 Å². The van der Waals surface area contributed by atoms with E-state index in [0.717, 1.165) is 0 Å². The molecule has 1 amide bonds. The van der Waals surface area contributed by atoms with E-state index in [9.17, 15) is 4.79 Å². The summed E-state index contributed by atoms with van der Waals surface area (Å²) in [6.45, 7) is 0.358. The van der Waals surface area contributed by atoms with E-state index in [0.29, 0.717) is 23.1 Å². The number of rotatable bonds is 3. The quantitative estimate of drug-likeness (QED) is 0.815. The molecule has 0 bridgehead atoms. The summed E-state index contributed by atoms with van der Waals surface area (Å²) in [7, 11) is 1.73. The van der Waals surface area contributed by atoms with Crippen molar-refractivity contribution in [3.8, 4) is 6.07 Å². The highest BCUT2D eigenvalue weighted by Crippen LogP contribution is 2.14. The minimum Gasteiger partial charge on any atom is -0.351 e. The first-order chi connectivity index (χ1) is 6.66. The van der Waals surface area contributed by atoms with Gasteiger partial charge in [-0.3, -0.25) is 9.48 Å². The molecule has 0 saturated heterocycles. The van der Waals surface area contributed by atoms with Gasteiger partial charge in [0.05, 0.1) is 24.3 Å². The molecule has 1 N–H and O–H groups in total. The van der Waals surface area contributed by atoms with Crippen LogP contribution in [0.2, 0.25) is 0 Å². The molecule has 74 valence electrons. The average Bonchev–Trinajstić information content (AvgIpc) is 2.48. The SMILES string of the molecule is Cn1ncc(C(=O)NCCC#N)c1Br.